The van der Waals surface area contributed by atoms with Crippen LogP contribution in [0.15, 0.2) is 42.5 Å². The Balaban J connectivity index is 1.73. The molecule has 5 nitrogen and oxygen atoms in total. The highest BCUT2D eigenvalue weighted by atomic mass is 19.1. The van der Waals surface area contributed by atoms with Gasteiger partial charge in [0.1, 0.15) is 5.82 Å². The van der Waals surface area contributed by atoms with E-state index in [1.165, 1.54) is 25.3 Å². The molecule has 6 heteroatoms. The molecular weight excluding hydrogens is 299 g/mol. The number of ether oxygens (including phenoxy) is 1. The smallest absolute Gasteiger partial charge is 0.311 e. The molecule has 3 rings (SSSR count). The van der Waals surface area contributed by atoms with Gasteiger partial charge in [-0.15, -0.1) is 0 Å². The van der Waals surface area contributed by atoms with Crippen LogP contribution < -0.4 is 10.1 Å². The van der Waals surface area contributed by atoms with E-state index in [1.54, 1.807) is 12.1 Å². The molecule has 23 heavy (non-hydrogen) atoms. The molecule has 1 N–H and O–H groups in total. The minimum Gasteiger partial charge on any atom is -0.490 e. The van der Waals surface area contributed by atoms with E-state index in [-0.39, 0.29) is 22.7 Å². The Morgan fingerprint density at radius 2 is 1.96 bits per heavy atom. The fraction of sp³-hybridized carbons (Fsp3) is 0.294. The van der Waals surface area contributed by atoms with Crippen molar-refractivity contribution < 1.29 is 14.1 Å². The van der Waals surface area contributed by atoms with E-state index in [4.69, 9.17) is 4.74 Å². The Labute approximate surface area is 133 Å². The topological polar surface area (TPSA) is 64.4 Å². The SMILES string of the molecule is COc1cc(NCC2(c3ccc(F)cc3)CC2)ccc1[N+](=O)[O-]. The first-order valence-electron chi connectivity index (χ1n) is 7.36. The van der Waals surface area contributed by atoms with Gasteiger partial charge in [0.25, 0.3) is 0 Å². The summed E-state index contributed by atoms with van der Waals surface area (Å²) < 4.78 is 18.1. The van der Waals surface area contributed by atoms with Crippen molar-refractivity contribution in [3.63, 3.8) is 0 Å². The van der Waals surface area contributed by atoms with Gasteiger partial charge in [-0.25, -0.2) is 4.39 Å². The van der Waals surface area contributed by atoms with Crippen LogP contribution in [-0.4, -0.2) is 18.6 Å². The first-order valence-corrected chi connectivity index (χ1v) is 7.36. The lowest BCUT2D eigenvalue weighted by Crippen LogP contribution is -2.19. The number of benzene rings is 2. The molecule has 0 atom stereocenters. The van der Waals surface area contributed by atoms with Gasteiger partial charge in [0.2, 0.25) is 0 Å². The van der Waals surface area contributed by atoms with Crippen molar-refractivity contribution in [3.05, 3.63) is 64.0 Å². The minimum absolute atomic E-state index is 0.0166. The third-order valence-corrected chi connectivity index (χ3v) is 4.32. The number of anilines is 1. The van der Waals surface area contributed by atoms with E-state index in [2.05, 4.69) is 5.32 Å². The molecule has 0 amide bonds. The minimum atomic E-state index is -0.469. The lowest BCUT2D eigenvalue weighted by Gasteiger charge is -2.18. The van der Waals surface area contributed by atoms with Gasteiger partial charge in [0, 0.05) is 29.8 Å². The van der Waals surface area contributed by atoms with Crippen molar-refractivity contribution in [2.45, 2.75) is 18.3 Å². The summed E-state index contributed by atoms with van der Waals surface area (Å²) in [5, 5.41) is 14.2. The maximum atomic E-state index is 13.0. The van der Waals surface area contributed by atoms with Crippen molar-refractivity contribution in [1.29, 1.82) is 0 Å². The zero-order valence-corrected chi connectivity index (χ0v) is 12.7. The molecule has 0 aliphatic heterocycles. The number of rotatable bonds is 6. The van der Waals surface area contributed by atoms with Crippen LogP contribution >= 0.6 is 0 Å². The molecule has 120 valence electrons. The highest BCUT2D eigenvalue weighted by Crippen LogP contribution is 2.48. The van der Waals surface area contributed by atoms with Crippen molar-refractivity contribution in [2.75, 3.05) is 19.0 Å². The number of nitro benzene ring substituents is 1. The molecule has 0 saturated heterocycles. The largest absolute Gasteiger partial charge is 0.490 e. The quantitative estimate of drug-likeness (QED) is 0.649. The monoisotopic (exact) mass is 316 g/mol. The number of methoxy groups -OCH3 is 1. The molecule has 0 heterocycles. The fourth-order valence-corrected chi connectivity index (χ4v) is 2.73. The van der Waals surface area contributed by atoms with Crippen LogP contribution in [0.5, 0.6) is 5.75 Å². The van der Waals surface area contributed by atoms with E-state index < -0.39 is 4.92 Å². The van der Waals surface area contributed by atoms with Gasteiger partial charge in [-0.3, -0.25) is 10.1 Å². The average Bonchev–Trinajstić information content (AvgIpc) is 3.34. The van der Waals surface area contributed by atoms with E-state index in [1.807, 2.05) is 12.1 Å². The zero-order chi connectivity index (χ0) is 16.4. The molecule has 0 unspecified atom stereocenters. The first kappa shape index (κ1) is 15.3. The van der Waals surface area contributed by atoms with Crippen molar-refractivity contribution in [1.82, 2.24) is 0 Å². The number of nitro groups is 1. The summed E-state index contributed by atoms with van der Waals surface area (Å²) in [6, 6.07) is 11.3. The Bertz CT molecular complexity index is 727. The second-order valence-electron chi connectivity index (χ2n) is 5.78. The average molecular weight is 316 g/mol. The van der Waals surface area contributed by atoms with Gasteiger partial charge >= 0.3 is 5.69 Å². The van der Waals surface area contributed by atoms with Crippen LogP contribution in [0.3, 0.4) is 0 Å². The fourth-order valence-electron chi connectivity index (χ4n) is 2.73. The number of halogens is 1. The molecular formula is C17H17FN2O3. The normalized spacial score (nSPS) is 15.0. The molecule has 0 spiro atoms. The maximum absolute atomic E-state index is 13.0. The summed E-state index contributed by atoms with van der Waals surface area (Å²) in [5.74, 6) is -0.00996. The molecule has 2 aromatic carbocycles. The van der Waals surface area contributed by atoms with Gasteiger partial charge < -0.3 is 10.1 Å². The highest BCUT2D eigenvalue weighted by Gasteiger charge is 2.43. The van der Waals surface area contributed by atoms with Gasteiger partial charge in [0.15, 0.2) is 5.75 Å². The summed E-state index contributed by atoms with van der Waals surface area (Å²) >= 11 is 0. The Morgan fingerprint density at radius 3 is 2.52 bits per heavy atom. The van der Waals surface area contributed by atoms with Crippen molar-refractivity contribution in [3.8, 4) is 5.75 Å². The molecule has 0 aromatic heterocycles. The predicted molar refractivity (Wildman–Crippen MR) is 85.5 cm³/mol. The molecule has 0 radical (unpaired) electrons. The van der Waals surface area contributed by atoms with Crippen LogP contribution in [0.25, 0.3) is 0 Å². The molecule has 1 saturated carbocycles. The van der Waals surface area contributed by atoms with E-state index in [0.29, 0.717) is 6.54 Å². The van der Waals surface area contributed by atoms with Gasteiger partial charge in [-0.2, -0.15) is 0 Å². The van der Waals surface area contributed by atoms with Crippen LogP contribution in [0.1, 0.15) is 18.4 Å². The summed E-state index contributed by atoms with van der Waals surface area (Å²) in [6.07, 6.45) is 2.07. The number of nitrogens with one attached hydrogen (secondary N) is 1. The Kier molecular flexibility index (Phi) is 3.90. The third-order valence-electron chi connectivity index (χ3n) is 4.32. The van der Waals surface area contributed by atoms with Gasteiger partial charge in [-0.05, 0) is 36.6 Å². The maximum Gasteiger partial charge on any atom is 0.311 e. The molecule has 2 aromatic rings. The summed E-state index contributed by atoms with van der Waals surface area (Å²) in [4.78, 5) is 10.4. The summed E-state index contributed by atoms with van der Waals surface area (Å²) in [6.45, 7) is 0.694. The molecule has 0 bridgehead atoms. The second-order valence-corrected chi connectivity index (χ2v) is 5.78. The highest BCUT2D eigenvalue weighted by molar-refractivity contribution is 5.58. The molecule has 1 aliphatic rings. The lowest BCUT2D eigenvalue weighted by atomic mass is 9.96. The third kappa shape index (κ3) is 3.11. The van der Waals surface area contributed by atoms with Crippen LogP contribution in [-0.2, 0) is 5.41 Å². The van der Waals surface area contributed by atoms with E-state index >= 15 is 0 Å². The van der Waals surface area contributed by atoms with Gasteiger partial charge in [0.05, 0.1) is 12.0 Å². The molecule has 1 aliphatic carbocycles. The summed E-state index contributed by atoms with van der Waals surface area (Å²) in [5.41, 5.74) is 1.83. The molecule has 1 fully saturated rings. The van der Waals surface area contributed by atoms with Crippen LogP contribution in [0.4, 0.5) is 15.8 Å². The first-order chi connectivity index (χ1) is 11.0. The van der Waals surface area contributed by atoms with Crippen molar-refractivity contribution >= 4 is 11.4 Å². The zero-order valence-electron chi connectivity index (χ0n) is 12.7. The van der Waals surface area contributed by atoms with E-state index in [0.717, 1.165) is 24.1 Å². The summed E-state index contributed by atoms with van der Waals surface area (Å²) in [7, 11) is 1.41. The number of nitrogens with zero attached hydrogens (tertiary/aromatic N) is 1. The standard InChI is InChI=1S/C17H17FN2O3/c1-23-16-10-14(6-7-15(16)20(21)22)19-11-17(8-9-17)12-2-4-13(18)5-3-12/h2-7,10,19H,8-9,11H2,1H3. The van der Waals surface area contributed by atoms with Crippen LogP contribution in [0.2, 0.25) is 0 Å². The Hall–Kier alpha value is -2.63. The number of hydrogen-bond donors (Lipinski definition) is 1. The number of hydrogen-bond acceptors (Lipinski definition) is 4. The second kappa shape index (κ2) is 5.87. The Morgan fingerprint density at radius 1 is 1.26 bits per heavy atom. The van der Waals surface area contributed by atoms with Gasteiger partial charge in [-0.1, -0.05) is 12.1 Å². The van der Waals surface area contributed by atoms with Crippen molar-refractivity contribution in [2.24, 2.45) is 0 Å². The lowest BCUT2D eigenvalue weighted by molar-refractivity contribution is -0.385. The van der Waals surface area contributed by atoms with E-state index in [9.17, 15) is 14.5 Å². The predicted octanol–water partition coefficient (Wildman–Crippen LogP) is 3.89. The van der Waals surface area contributed by atoms with Crippen LogP contribution in [0, 0.1) is 15.9 Å².